The predicted molar refractivity (Wildman–Crippen MR) is 127 cm³/mol. The molecule has 4 rings (SSSR count). The Kier molecular flexibility index (Phi) is 7.28. The maximum absolute atomic E-state index is 14.6. The first-order valence-corrected chi connectivity index (χ1v) is 12.5. The molecule has 1 heteroatoms. The largest absolute Gasteiger partial charge is 0.207 e. The summed E-state index contributed by atoms with van der Waals surface area (Å²) in [6.07, 6.45) is 18.5. The van der Waals surface area contributed by atoms with Crippen molar-refractivity contribution in [3.8, 4) is 0 Å². The van der Waals surface area contributed by atoms with Gasteiger partial charge in [0.15, 0.2) is 0 Å². The minimum Gasteiger partial charge on any atom is -0.207 e. The van der Waals surface area contributed by atoms with Gasteiger partial charge < -0.3 is 0 Å². The maximum Gasteiger partial charge on any atom is 0.127 e. The van der Waals surface area contributed by atoms with Gasteiger partial charge in [0.25, 0.3) is 0 Å². The van der Waals surface area contributed by atoms with E-state index in [0.717, 1.165) is 41.5 Å². The molecule has 0 radical (unpaired) electrons. The molecule has 2 aromatic rings. The summed E-state index contributed by atoms with van der Waals surface area (Å²) in [5, 5.41) is 2.26. The highest BCUT2D eigenvalue weighted by Gasteiger charge is 2.35. The van der Waals surface area contributed by atoms with Crippen LogP contribution >= 0.6 is 0 Å². The number of hydrogen-bond acceptors (Lipinski definition) is 0. The fourth-order valence-electron chi connectivity index (χ4n) is 6.23. The van der Waals surface area contributed by atoms with Crippen molar-refractivity contribution in [2.45, 2.75) is 90.4 Å². The van der Waals surface area contributed by atoms with Gasteiger partial charge in [-0.2, -0.15) is 0 Å². The first kappa shape index (κ1) is 21.6. The molecule has 0 nitrogen and oxygen atoms in total. The van der Waals surface area contributed by atoms with Crippen LogP contribution in [-0.2, 0) is 6.42 Å². The molecule has 4 atom stereocenters. The van der Waals surface area contributed by atoms with Crippen molar-refractivity contribution in [3.05, 3.63) is 59.4 Å². The van der Waals surface area contributed by atoms with Gasteiger partial charge in [0.2, 0.25) is 0 Å². The molecule has 0 spiro atoms. The molecule has 2 aromatic carbocycles. The van der Waals surface area contributed by atoms with Crippen LogP contribution in [0.2, 0.25) is 0 Å². The Morgan fingerprint density at radius 2 is 1.80 bits per heavy atom. The minimum absolute atomic E-state index is 0.0433. The third kappa shape index (κ3) is 4.98. The lowest BCUT2D eigenvalue weighted by molar-refractivity contribution is 0.113. The van der Waals surface area contributed by atoms with Gasteiger partial charge in [-0.25, -0.2) is 4.39 Å². The molecule has 0 saturated heterocycles. The van der Waals surface area contributed by atoms with E-state index in [2.05, 4.69) is 37.3 Å². The topological polar surface area (TPSA) is 0 Å². The molecular formula is C29H39F. The summed E-state index contributed by atoms with van der Waals surface area (Å²) in [6, 6.07) is 10.7. The van der Waals surface area contributed by atoms with Crippen LogP contribution in [0.25, 0.3) is 10.8 Å². The Labute approximate surface area is 183 Å². The fraction of sp³-hybridized carbons (Fsp3) is 0.586. The van der Waals surface area contributed by atoms with Gasteiger partial charge >= 0.3 is 0 Å². The zero-order valence-corrected chi connectivity index (χ0v) is 19.0. The van der Waals surface area contributed by atoms with Gasteiger partial charge in [0.05, 0.1) is 0 Å². The molecule has 0 heterocycles. The highest BCUT2D eigenvalue weighted by atomic mass is 19.1. The summed E-state index contributed by atoms with van der Waals surface area (Å²) < 4.78 is 14.6. The number of benzene rings is 2. The number of halogens is 1. The number of fused-ring (bicyclic) bond motifs is 2. The first-order valence-electron chi connectivity index (χ1n) is 12.5. The van der Waals surface area contributed by atoms with E-state index in [-0.39, 0.29) is 5.82 Å². The van der Waals surface area contributed by atoms with Crippen molar-refractivity contribution in [2.75, 3.05) is 0 Å². The molecule has 2 aliphatic carbocycles. The number of rotatable bonds is 7. The van der Waals surface area contributed by atoms with E-state index in [1.165, 1.54) is 68.7 Å². The molecule has 0 aliphatic heterocycles. The quantitative estimate of drug-likeness (QED) is 0.402. The zero-order valence-electron chi connectivity index (χ0n) is 19.0. The van der Waals surface area contributed by atoms with Gasteiger partial charge in [-0.15, -0.1) is 0 Å². The van der Waals surface area contributed by atoms with Crippen LogP contribution in [0.1, 0.15) is 95.1 Å². The highest BCUT2D eigenvalue weighted by Crippen LogP contribution is 2.48. The standard InChI is InChI=1S/C29H39F/c1-3-5-7-9-27-18-26-15-14-25(19-28(26)20-29(27)30)24-13-12-22-16-21(8-6-4-2)10-11-23(22)17-24/h3,5,14-15,18-24H,4,6-13,16-17H2,1-2H3/b5-3+. The van der Waals surface area contributed by atoms with Gasteiger partial charge in [-0.05, 0) is 110 Å². The van der Waals surface area contributed by atoms with E-state index in [9.17, 15) is 4.39 Å². The third-order valence-corrected chi connectivity index (χ3v) is 8.00. The second kappa shape index (κ2) is 10.1. The third-order valence-electron chi connectivity index (χ3n) is 8.00. The van der Waals surface area contributed by atoms with Gasteiger partial charge in [-0.1, -0.05) is 63.0 Å². The molecule has 0 N–H and O–H groups in total. The number of allylic oxidation sites excluding steroid dienone is 2. The monoisotopic (exact) mass is 406 g/mol. The molecule has 2 saturated carbocycles. The van der Waals surface area contributed by atoms with Crippen LogP contribution < -0.4 is 0 Å². The van der Waals surface area contributed by atoms with Crippen molar-refractivity contribution in [1.82, 2.24) is 0 Å². The molecular weight excluding hydrogens is 367 g/mol. The molecule has 30 heavy (non-hydrogen) atoms. The van der Waals surface area contributed by atoms with E-state index >= 15 is 0 Å². The minimum atomic E-state index is -0.0433. The Morgan fingerprint density at radius 3 is 2.63 bits per heavy atom. The van der Waals surface area contributed by atoms with E-state index < -0.39 is 0 Å². The van der Waals surface area contributed by atoms with Crippen LogP contribution in [0.15, 0.2) is 42.5 Å². The van der Waals surface area contributed by atoms with Crippen molar-refractivity contribution in [3.63, 3.8) is 0 Å². The molecule has 162 valence electrons. The lowest BCUT2D eigenvalue weighted by Crippen LogP contribution is -2.30. The van der Waals surface area contributed by atoms with Gasteiger partial charge in [-0.3, -0.25) is 0 Å². The summed E-state index contributed by atoms with van der Waals surface area (Å²) in [6.45, 7) is 4.33. The van der Waals surface area contributed by atoms with Crippen molar-refractivity contribution in [1.29, 1.82) is 0 Å². The number of aryl methyl sites for hydroxylation is 1. The summed E-state index contributed by atoms with van der Waals surface area (Å²) in [5.41, 5.74) is 2.28. The Bertz CT molecular complexity index is 864. The maximum atomic E-state index is 14.6. The Balaban J connectivity index is 1.43. The zero-order chi connectivity index (χ0) is 20.9. The molecule has 4 unspecified atom stereocenters. The summed E-state index contributed by atoms with van der Waals surface area (Å²) in [5.74, 6) is 3.50. The number of hydrogen-bond donors (Lipinski definition) is 0. The van der Waals surface area contributed by atoms with Crippen molar-refractivity contribution < 1.29 is 4.39 Å². The second-order valence-corrected chi connectivity index (χ2v) is 10.0. The molecule has 2 aliphatic rings. The summed E-state index contributed by atoms with van der Waals surface area (Å²) in [4.78, 5) is 0. The Morgan fingerprint density at radius 1 is 0.967 bits per heavy atom. The molecule has 0 aromatic heterocycles. The lowest BCUT2D eigenvalue weighted by atomic mass is 9.63. The lowest BCUT2D eigenvalue weighted by Gasteiger charge is -2.42. The Hall–Kier alpha value is -1.63. The second-order valence-electron chi connectivity index (χ2n) is 10.0. The highest BCUT2D eigenvalue weighted by molar-refractivity contribution is 5.84. The fourth-order valence-corrected chi connectivity index (χ4v) is 6.23. The molecule has 0 bridgehead atoms. The van der Waals surface area contributed by atoms with E-state index in [1.807, 2.05) is 13.0 Å². The first-order chi connectivity index (χ1) is 14.7. The van der Waals surface area contributed by atoms with E-state index in [4.69, 9.17) is 0 Å². The van der Waals surface area contributed by atoms with Crippen LogP contribution in [-0.4, -0.2) is 0 Å². The van der Waals surface area contributed by atoms with E-state index in [1.54, 1.807) is 6.07 Å². The van der Waals surface area contributed by atoms with Crippen LogP contribution in [0, 0.1) is 23.6 Å². The molecule has 2 fully saturated rings. The SMILES string of the molecule is C/C=C/CCc1cc2ccc(C3CCC4CC(CCCC)CCC4C3)cc2cc1F. The van der Waals surface area contributed by atoms with Crippen molar-refractivity contribution in [2.24, 2.45) is 17.8 Å². The van der Waals surface area contributed by atoms with Crippen molar-refractivity contribution >= 4 is 10.8 Å². The van der Waals surface area contributed by atoms with Crippen LogP contribution in [0.4, 0.5) is 4.39 Å². The van der Waals surface area contributed by atoms with Gasteiger partial charge in [0.1, 0.15) is 5.82 Å². The number of unbranched alkanes of at least 4 members (excludes halogenated alkanes) is 1. The summed E-state index contributed by atoms with van der Waals surface area (Å²) in [7, 11) is 0. The molecule has 0 amide bonds. The van der Waals surface area contributed by atoms with Crippen LogP contribution in [0.3, 0.4) is 0 Å². The van der Waals surface area contributed by atoms with Crippen LogP contribution in [0.5, 0.6) is 0 Å². The normalized spacial score (nSPS) is 26.9. The average molecular weight is 407 g/mol. The summed E-state index contributed by atoms with van der Waals surface area (Å²) >= 11 is 0. The average Bonchev–Trinajstić information content (AvgIpc) is 2.77. The van der Waals surface area contributed by atoms with E-state index in [0.29, 0.717) is 5.92 Å². The smallest absolute Gasteiger partial charge is 0.127 e. The predicted octanol–water partition coefficient (Wildman–Crippen LogP) is 8.98. The van der Waals surface area contributed by atoms with Gasteiger partial charge in [0, 0.05) is 0 Å².